The van der Waals surface area contributed by atoms with E-state index in [0.717, 1.165) is 38.9 Å². The van der Waals surface area contributed by atoms with Crippen LogP contribution in [0.15, 0.2) is 0 Å². The molecule has 0 saturated carbocycles. The minimum atomic E-state index is -0.379. The lowest BCUT2D eigenvalue weighted by Gasteiger charge is -2.34. The number of amides is 1. The van der Waals surface area contributed by atoms with Crippen LogP contribution in [0.1, 0.15) is 46.0 Å². The fourth-order valence-corrected chi connectivity index (χ4v) is 2.35. The van der Waals surface area contributed by atoms with Crippen molar-refractivity contribution in [2.24, 2.45) is 0 Å². The van der Waals surface area contributed by atoms with E-state index >= 15 is 0 Å². The lowest BCUT2D eigenvalue weighted by Crippen LogP contribution is -2.46. The minimum absolute atomic E-state index is 0.208. The van der Waals surface area contributed by atoms with Gasteiger partial charge in [0.2, 0.25) is 5.91 Å². The Balaban J connectivity index is 2.47. The van der Waals surface area contributed by atoms with E-state index in [1.54, 1.807) is 6.92 Å². The molecule has 1 amide bonds. The zero-order valence-electron chi connectivity index (χ0n) is 11.1. The van der Waals surface area contributed by atoms with Gasteiger partial charge in [-0.05, 0) is 45.7 Å². The number of nitrogens with zero attached hydrogens (tertiary/aromatic N) is 1. The van der Waals surface area contributed by atoms with Gasteiger partial charge >= 0.3 is 0 Å². The molecule has 100 valence electrons. The smallest absolute Gasteiger partial charge is 0.222 e. The molecular weight excluding hydrogens is 216 g/mol. The number of aliphatic hydroxyl groups is 1. The van der Waals surface area contributed by atoms with Crippen LogP contribution in [0.4, 0.5) is 0 Å². The molecule has 4 heteroatoms. The van der Waals surface area contributed by atoms with E-state index in [-0.39, 0.29) is 12.0 Å². The molecule has 1 aliphatic rings. The van der Waals surface area contributed by atoms with E-state index in [2.05, 4.69) is 12.2 Å². The van der Waals surface area contributed by atoms with E-state index in [0.29, 0.717) is 18.9 Å². The quantitative estimate of drug-likeness (QED) is 0.734. The van der Waals surface area contributed by atoms with Crippen LogP contribution in [0.2, 0.25) is 0 Å². The summed E-state index contributed by atoms with van der Waals surface area (Å²) in [5, 5.41) is 12.6. The molecule has 0 aromatic carbocycles. The summed E-state index contributed by atoms with van der Waals surface area (Å²) in [6.07, 6.45) is 3.78. The monoisotopic (exact) mass is 242 g/mol. The highest BCUT2D eigenvalue weighted by Crippen LogP contribution is 2.14. The highest BCUT2D eigenvalue weighted by Gasteiger charge is 2.24. The Morgan fingerprint density at radius 1 is 1.47 bits per heavy atom. The van der Waals surface area contributed by atoms with Gasteiger partial charge in [-0.15, -0.1) is 0 Å². The van der Waals surface area contributed by atoms with Crippen molar-refractivity contribution in [1.82, 2.24) is 10.2 Å². The third-order valence-corrected chi connectivity index (χ3v) is 3.31. The number of carbonyl (C=O) groups is 1. The largest absolute Gasteiger partial charge is 0.393 e. The molecule has 1 rings (SSSR count). The molecule has 1 atom stereocenters. The summed E-state index contributed by atoms with van der Waals surface area (Å²) in [7, 11) is 0. The van der Waals surface area contributed by atoms with Crippen LogP contribution in [0.5, 0.6) is 0 Å². The normalized spacial score (nSPS) is 19.0. The summed E-state index contributed by atoms with van der Waals surface area (Å²) in [5.41, 5.74) is 0. The van der Waals surface area contributed by atoms with Crippen molar-refractivity contribution < 1.29 is 9.90 Å². The van der Waals surface area contributed by atoms with Crippen LogP contribution < -0.4 is 5.32 Å². The van der Waals surface area contributed by atoms with Crippen molar-refractivity contribution in [2.45, 2.75) is 58.1 Å². The van der Waals surface area contributed by atoms with Crippen LogP contribution >= 0.6 is 0 Å². The molecule has 1 unspecified atom stereocenters. The van der Waals surface area contributed by atoms with Gasteiger partial charge in [0.25, 0.3) is 0 Å². The Bertz CT molecular complexity index is 225. The third-order valence-electron chi connectivity index (χ3n) is 3.31. The molecule has 4 nitrogen and oxygen atoms in total. The summed E-state index contributed by atoms with van der Waals surface area (Å²) in [5.74, 6) is 0.208. The summed E-state index contributed by atoms with van der Waals surface area (Å²) in [4.78, 5) is 14.2. The number of aliphatic hydroxyl groups excluding tert-OH is 1. The SMILES string of the molecule is CCCN(C(=O)CCC(C)O)C1CCNCC1. The van der Waals surface area contributed by atoms with Crippen molar-refractivity contribution in [3.8, 4) is 0 Å². The summed E-state index contributed by atoms with van der Waals surface area (Å²) in [6, 6.07) is 0.401. The molecule has 1 fully saturated rings. The topological polar surface area (TPSA) is 52.6 Å². The van der Waals surface area contributed by atoms with Crippen molar-refractivity contribution in [3.63, 3.8) is 0 Å². The molecule has 1 aliphatic heterocycles. The van der Waals surface area contributed by atoms with Crippen molar-refractivity contribution in [2.75, 3.05) is 19.6 Å². The van der Waals surface area contributed by atoms with Crippen LogP contribution in [-0.4, -0.2) is 47.7 Å². The van der Waals surface area contributed by atoms with Gasteiger partial charge in [-0.3, -0.25) is 4.79 Å². The number of piperidine rings is 1. The summed E-state index contributed by atoms with van der Waals surface area (Å²) in [6.45, 7) is 6.71. The first kappa shape index (κ1) is 14.5. The van der Waals surface area contributed by atoms with Crippen LogP contribution in [0, 0.1) is 0 Å². The molecule has 1 heterocycles. The Kier molecular flexibility index (Phi) is 6.52. The Hall–Kier alpha value is -0.610. The zero-order valence-corrected chi connectivity index (χ0v) is 11.1. The van der Waals surface area contributed by atoms with Gasteiger partial charge in [0.05, 0.1) is 6.10 Å². The van der Waals surface area contributed by atoms with E-state index in [9.17, 15) is 9.90 Å². The molecule has 0 spiro atoms. The second kappa shape index (κ2) is 7.67. The van der Waals surface area contributed by atoms with Gasteiger partial charge in [-0.2, -0.15) is 0 Å². The fourth-order valence-electron chi connectivity index (χ4n) is 2.35. The predicted molar refractivity (Wildman–Crippen MR) is 68.8 cm³/mol. The number of nitrogens with one attached hydrogen (secondary N) is 1. The molecule has 0 aromatic heterocycles. The predicted octanol–water partition coefficient (Wildman–Crippen LogP) is 1.14. The zero-order chi connectivity index (χ0) is 12.7. The van der Waals surface area contributed by atoms with E-state index in [4.69, 9.17) is 0 Å². The lowest BCUT2D eigenvalue weighted by atomic mass is 10.0. The average Bonchev–Trinajstić information content (AvgIpc) is 2.34. The van der Waals surface area contributed by atoms with Crippen molar-refractivity contribution in [3.05, 3.63) is 0 Å². The first-order valence-electron chi connectivity index (χ1n) is 6.83. The van der Waals surface area contributed by atoms with Crippen LogP contribution in [-0.2, 0) is 4.79 Å². The van der Waals surface area contributed by atoms with Gasteiger partial charge in [0.15, 0.2) is 0 Å². The summed E-state index contributed by atoms with van der Waals surface area (Å²) >= 11 is 0. The Morgan fingerprint density at radius 2 is 2.12 bits per heavy atom. The second-order valence-electron chi connectivity index (χ2n) is 4.96. The third kappa shape index (κ3) is 5.04. The second-order valence-corrected chi connectivity index (χ2v) is 4.96. The molecule has 0 aliphatic carbocycles. The molecule has 2 N–H and O–H groups in total. The van der Waals surface area contributed by atoms with Crippen LogP contribution in [0.3, 0.4) is 0 Å². The van der Waals surface area contributed by atoms with Crippen LogP contribution in [0.25, 0.3) is 0 Å². The van der Waals surface area contributed by atoms with Crippen molar-refractivity contribution >= 4 is 5.91 Å². The molecule has 0 radical (unpaired) electrons. The van der Waals surface area contributed by atoms with E-state index in [1.807, 2.05) is 4.90 Å². The Morgan fingerprint density at radius 3 is 2.65 bits per heavy atom. The van der Waals surface area contributed by atoms with Gasteiger partial charge < -0.3 is 15.3 Å². The fraction of sp³-hybridized carbons (Fsp3) is 0.923. The highest BCUT2D eigenvalue weighted by atomic mass is 16.3. The number of hydrogen-bond acceptors (Lipinski definition) is 3. The van der Waals surface area contributed by atoms with Gasteiger partial charge in [0.1, 0.15) is 0 Å². The lowest BCUT2D eigenvalue weighted by molar-refractivity contribution is -0.134. The van der Waals surface area contributed by atoms with Gasteiger partial charge in [-0.25, -0.2) is 0 Å². The van der Waals surface area contributed by atoms with Gasteiger partial charge in [0, 0.05) is 19.0 Å². The molecule has 17 heavy (non-hydrogen) atoms. The number of carbonyl (C=O) groups excluding carboxylic acids is 1. The van der Waals surface area contributed by atoms with Gasteiger partial charge in [-0.1, -0.05) is 6.92 Å². The molecular formula is C13H26N2O2. The molecule has 0 bridgehead atoms. The first-order valence-corrected chi connectivity index (χ1v) is 6.83. The minimum Gasteiger partial charge on any atom is -0.393 e. The standard InChI is InChI=1S/C13H26N2O2/c1-3-10-15(12-6-8-14-9-7-12)13(17)5-4-11(2)16/h11-12,14,16H,3-10H2,1-2H3. The molecule has 0 aromatic rings. The van der Waals surface area contributed by atoms with Crippen molar-refractivity contribution in [1.29, 1.82) is 0 Å². The maximum atomic E-state index is 12.1. The maximum absolute atomic E-state index is 12.1. The summed E-state index contributed by atoms with van der Waals surface area (Å²) < 4.78 is 0. The molecule has 1 saturated heterocycles. The average molecular weight is 242 g/mol. The highest BCUT2D eigenvalue weighted by molar-refractivity contribution is 5.76. The van der Waals surface area contributed by atoms with E-state index < -0.39 is 0 Å². The first-order chi connectivity index (χ1) is 8.15. The number of rotatable bonds is 6. The Labute approximate surface area is 104 Å². The number of hydrogen-bond donors (Lipinski definition) is 2. The van der Waals surface area contributed by atoms with E-state index in [1.165, 1.54) is 0 Å². The maximum Gasteiger partial charge on any atom is 0.222 e.